The number of ether oxygens (including phenoxy) is 1. The Balaban J connectivity index is 1.85. The molecule has 24 heavy (non-hydrogen) atoms. The van der Waals surface area contributed by atoms with Crippen molar-refractivity contribution in [1.82, 2.24) is 0 Å². The number of rotatable bonds is 6. The standard InChI is InChI=1S/C19H34O4S/c1-14(23-12-7-13-24(21,22)18(2,3)4)15-9-10-16-17(20)8-6-11-19(15,16)5/h14-16H,6-13H2,1-5H3. The summed E-state index contributed by atoms with van der Waals surface area (Å²) in [6.45, 7) is 10.1. The van der Waals surface area contributed by atoms with Crippen molar-refractivity contribution in [3.8, 4) is 0 Å². The van der Waals surface area contributed by atoms with Crippen LogP contribution in [0.3, 0.4) is 0 Å². The second kappa shape index (κ2) is 7.06. The Hall–Kier alpha value is -0.420. The summed E-state index contributed by atoms with van der Waals surface area (Å²) in [6, 6.07) is 0. The van der Waals surface area contributed by atoms with E-state index in [0.717, 1.165) is 32.1 Å². The molecule has 0 aromatic carbocycles. The summed E-state index contributed by atoms with van der Waals surface area (Å²) < 4.78 is 29.6. The second-order valence-electron chi connectivity index (χ2n) is 8.92. The predicted molar refractivity (Wildman–Crippen MR) is 96.7 cm³/mol. The smallest absolute Gasteiger partial charge is 0.155 e. The number of sulfone groups is 1. The third-order valence-corrected chi connectivity index (χ3v) is 9.07. The lowest BCUT2D eigenvalue weighted by Gasteiger charge is -2.42. The van der Waals surface area contributed by atoms with Crippen LogP contribution in [0, 0.1) is 17.3 Å². The summed E-state index contributed by atoms with van der Waals surface area (Å²) in [5.41, 5.74) is 0.0756. The molecule has 0 bridgehead atoms. The molecule has 2 aliphatic rings. The van der Waals surface area contributed by atoms with Crippen molar-refractivity contribution in [3.05, 3.63) is 0 Å². The number of carbonyl (C=O) groups excluding carboxylic acids is 1. The van der Waals surface area contributed by atoms with Crippen LogP contribution in [0.15, 0.2) is 0 Å². The largest absolute Gasteiger partial charge is 0.378 e. The molecule has 0 heterocycles. The lowest BCUT2D eigenvalue weighted by molar-refractivity contribution is -0.131. The molecular weight excluding hydrogens is 324 g/mol. The number of Topliss-reactive ketones (excluding diaryl/α,β-unsaturated/α-hetero) is 1. The van der Waals surface area contributed by atoms with Crippen molar-refractivity contribution in [1.29, 1.82) is 0 Å². The third-order valence-electron chi connectivity index (χ3n) is 6.37. The number of hydrogen-bond acceptors (Lipinski definition) is 4. The molecule has 0 aromatic rings. The molecule has 0 saturated heterocycles. The van der Waals surface area contributed by atoms with E-state index in [0.29, 0.717) is 24.7 Å². The first-order valence-electron chi connectivity index (χ1n) is 9.35. The maximum absolute atomic E-state index is 12.2. The Morgan fingerprint density at radius 3 is 2.58 bits per heavy atom. The molecule has 0 aliphatic heterocycles. The van der Waals surface area contributed by atoms with Gasteiger partial charge in [0.15, 0.2) is 9.84 Å². The number of fused-ring (bicyclic) bond motifs is 1. The number of ketones is 1. The Labute approximate surface area is 147 Å². The van der Waals surface area contributed by atoms with Gasteiger partial charge in [0.25, 0.3) is 0 Å². The molecule has 0 N–H and O–H groups in total. The molecule has 2 fully saturated rings. The number of hydrogen-bond donors (Lipinski definition) is 0. The van der Waals surface area contributed by atoms with Crippen molar-refractivity contribution in [2.45, 2.75) is 84.0 Å². The topological polar surface area (TPSA) is 60.4 Å². The molecule has 2 rings (SSSR count). The first-order valence-corrected chi connectivity index (χ1v) is 11.0. The van der Waals surface area contributed by atoms with Gasteiger partial charge < -0.3 is 4.74 Å². The van der Waals surface area contributed by atoms with E-state index in [1.165, 1.54) is 0 Å². The van der Waals surface area contributed by atoms with Crippen LogP contribution >= 0.6 is 0 Å². The summed E-state index contributed by atoms with van der Waals surface area (Å²) in [6.07, 6.45) is 5.52. The van der Waals surface area contributed by atoms with Gasteiger partial charge in [0.1, 0.15) is 5.78 Å². The highest BCUT2D eigenvalue weighted by Gasteiger charge is 2.52. The molecule has 4 unspecified atom stereocenters. The fourth-order valence-electron chi connectivity index (χ4n) is 4.68. The normalized spacial score (nSPS) is 32.6. The van der Waals surface area contributed by atoms with Gasteiger partial charge in [0.05, 0.1) is 16.6 Å². The van der Waals surface area contributed by atoms with Crippen molar-refractivity contribution < 1.29 is 17.9 Å². The molecule has 2 saturated carbocycles. The van der Waals surface area contributed by atoms with E-state index >= 15 is 0 Å². The van der Waals surface area contributed by atoms with E-state index in [2.05, 4.69) is 13.8 Å². The van der Waals surface area contributed by atoms with Crippen LogP contribution in [0.5, 0.6) is 0 Å². The van der Waals surface area contributed by atoms with Gasteiger partial charge in [-0.05, 0) is 71.1 Å². The van der Waals surface area contributed by atoms with Crippen molar-refractivity contribution in [2.75, 3.05) is 12.4 Å². The SMILES string of the molecule is CC(OCCCS(=O)(=O)C(C)(C)C)C1CCC2C(=O)CCCC21C. The highest BCUT2D eigenvalue weighted by Crippen LogP contribution is 2.55. The first-order chi connectivity index (χ1) is 11.0. The third kappa shape index (κ3) is 3.87. The van der Waals surface area contributed by atoms with Gasteiger partial charge in [-0.25, -0.2) is 8.42 Å². The zero-order chi connectivity index (χ0) is 18.2. The molecule has 4 atom stereocenters. The van der Waals surface area contributed by atoms with Gasteiger partial charge in [0, 0.05) is 18.9 Å². The molecule has 4 nitrogen and oxygen atoms in total. The fourth-order valence-corrected chi connectivity index (χ4v) is 5.79. The van der Waals surface area contributed by atoms with Gasteiger partial charge in [-0.3, -0.25) is 4.79 Å². The monoisotopic (exact) mass is 358 g/mol. The van der Waals surface area contributed by atoms with Crippen LogP contribution in [0.2, 0.25) is 0 Å². The minimum Gasteiger partial charge on any atom is -0.378 e. The molecule has 0 aromatic heterocycles. The Morgan fingerprint density at radius 1 is 1.29 bits per heavy atom. The second-order valence-corrected chi connectivity index (χ2v) is 11.8. The van der Waals surface area contributed by atoms with E-state index in [4.69, 9.17) is 4.74 Å². The van der Waals surface area contributed by atoms with Crippen LogP contribution < -0.4 is 0 Å². The summed E-state index contributed by atoms with van der Waals surface area (Å²) in [5, 5.41) is 0. The average Bonchev–Trinajstić information content (AvgIpc) is 2.81. The van der Waals surface area contributed by atoms with Crippen LogP contribution in [0.1, 0.15) is 73.1 Å². The molecule has 0 radical (unpaired) electrons. The summed E-state index contributed by atoms with van der Waals surface area (Å²) in [4.78, 5) is 12.2. The van der Waals surface area contributed by atoms with Crippen molar-refractivity contribution in [2.24, 2.45) is 17.3 Å². The lowest BCUT2D eigenvalue weighted by atomic mass is 9.64. The fraction of sp³-hybridized carbons (Fsp3) is 0.947. The lowest BCUT2D eigenvalue weighted by Crippen LogP contribution is -2.41. The minimum atomic E-state index is -3.08. The van der Waals surface area contributed by atoms with E-state index in [1.807, 2.05) is 0 Å². The minimum absolute atomic E-state index is 0.0756. The Bertz CT molecular complexity index is 560. The van der Waals surface area contributed by atoms with Crippen LogP contribution in [0.25, 0.3) is 0 Å². The van der Waals surface area contributed by atoms with Gasteiger partial charge in [-0.2, -0.15) is 0 Å². The van der Waals surface area contributed by atoms with Crippen LogP contribution in [-0.2, 0) is 19.4 Å². The molecule has 0 spiro atoms. The van der Waals surface area contributed by atoms with Crippen molar-refractivity contribution >= 4 is 15.6 Å². The molecule has 2 aliphatic carbocycles. The molecule has 0 amide bonds. The summed E-state index contributed by atoms with van der Waals surface area (Å²) >= 11 is 0. The van der Waals surface area contributed by atoms with Crippen LogP contribution in [-0.4, -0.2) is 37.4 Å². The zero-order valence-corrected chi connectivity index (χ0v) is 16.7. The van der Waals surface area contributed by atoms with E-state index in [-0.39, 0.29) is 23.2 Å². The van der Waals surface area contributed by atoms with Gasteiger partial charge in [0.2, 0.25) is 0 Å². The molecule has 140 valence electrons. The van der Waals surface area contributed by atoms with Crippen molar-refractivity contribution in [3.63, 3.8) is 0 Å². The highest BCUT2D eigenvalue weighted by atomic mass is 32.2. The molecular formula is C19H34O4S. The highest BCUT2D eigenvalue weighted by molar-refractivity contribution is 7.92. The van der Waals surface area contributed by atoms with Crippen LogP contribution in [0.4, 0.5) is 0 Å². The summed E-state index contributed by atoms with van der Waals surface area (Å²) in [5.74, 6) is 1.23. The Morgan fingerprint density at radius 2 is 1.96 bits per heavy atom. The van der Waals surface area contributed by atoms with E-state index < -0.39 is 14.6 Å². The maximum Gasteiger partial charge on any atom is 0.155 e. The summed E-state index contributed by atoms with van der Waals surface area (Å²) in [7, 11) is -3.08. The predicted octanol–water partition coefficient (Wildman–Crippen LogP) is 3.78. The van der Waals surface area contributed by atoms with E-state index in [1.54, 1.807) is 20.8 Å². The van der Waals surface area contributed by atoms with Gasteiger partial charge >= 0.3 is 0 Å². The van der Waals surface area contributed by atoms with Gasteiger partial charge in [-0.1, -0.05) is 6.92 Å². The van der Waals surface area contributed by atoms with Gasteiger partial charge in [-0.15, -0.1) is 0 Å². The number of carbonyl (C=O) groups is 1. The molecule has 5 heteroatoms. The van der Waals surface area contributed by atoms with E-state index in [9.17, 15) is 13.2 Å². The maximum atomic E-state index is 12.2. The average molecular weight is 359 g/mol. The zero-order valence-electron chi connectivity index (χ0n) is 15.9. The quantitative estimate of drug-likeness (QED) is 0.678. The Kier molecular flexibility index (Phi) is 5.86. The first kappa shape index (κ1) is 19.9.